The lowest BCUT2D eigenvalue weighted by molar-refractivity contribution is -0.118. The van der Waals surface area contributed by atoms with Crippen LogP contribution in [0.25, 0.3) is 5.69 Å². The Morgan fingerprint density at radius 1 is 1.07 bits per heavy atom. The highest BCUT2D eigenvalue weighted by Crippen LogP contribution is 2.25. The van der Waals surface area contributed by atoms with E-state index in [2.05, 4.69) is 15.5 Å². The SMILES string of the molecule is COc1ccc(-n2c(CCNC(C)=O)nnc2SCC(=O)c2ccc(C)cc2)cc1. The number of aromatic nitrogens is 3. The van der Waals surface area contributed by atoms with Crippen molar-refractivity contribution >= 4 is 23.5 Å². The van der Waals surface area contributed by atoms with Crippen LogP contribution in [0.5, 0.6) is 5.75 Å². The van der Waals surface area contributed by atoms with Gasteiger partial charge in [0.2, 0.25) is 5.91 Å². The van der Waals surface area contributed by atoms with E-state index < -0.39 is 0 Å². The van der Waals surface area contributed by atoms with Crippen molar-refractivity contribution in [2.24, 2.45) is 0 Å². The molecule has 156 valence electrons. The number of nitrogens with one attached hydrogen (secondary N) is 1. The fourth-order valence-corrected chi connectivity index (χ4v) is 3.71. The molecule has 1 heterocycles. The molecule has 1 aromatic heterocycles. The van der Waals surface area contributed by atoms with Crippen molar-refractivity contribution in [3.63, 3.8) is 0 Å². The van der Waals surface area contributed by atoms with Crippen molar-refractivity contribution in [1.29, 1.82) is 0 Å². The van der Waals surface area contributed by atoms with Crippen molar-refractivity contribution < 1.29 is 14.3 Å². The van der Waals surface area contributed by atoms with E-state index in [-0.39, 0.29) is 17.4 Å². The van der Waals surface area contributed by atoms with Gasteiger partial charge in [0.15, 0.2) is 10.9 Å². The van der Waals surface area contributed by atoms with Gasteiger partial charge in [-0.15, -0.1) is 10.2 Å². The van der Waals surface area contributed by atoms with Crippen LogP contribution < -0.4 is 10.1 Å². The fourth-order valence-electron chi connectivity index (χ4n) is 2.85. The smallest absolute Gasteiger partial charge is 0.216 e. The maximum Gasteiger partial charge on any atom is 0.216 e. The van der Waals surface area contributed by atoms with Gasteiger partial charge in [0.25, 0.3) is 0 Å². The molecule has 0 atom stereocenters. The second-order valence-corrected chi connectivity index (χ2v) is 7.69. The number of Topliss-reactive ketones (excluding diaryl/α,β-unsaturated/α-hetero) is 1. The summed E-state index contributed by atoms with van der Waals surface area (Å²) in [5, 5.41) is 12.0. The van der Waals surface area contributed by atoms with E-state index in [1.54, 1.807) is 7.11 Å². The minimum absolute atomic E-state index is 0.0316. The zero-order chi connectivity index (χ0) is 21.5. The topological polar surface area (TPSA) is 86.1 Å². The molecule has 30 heavy (non-hydrogen) atoms. The molecular formula is C22H24N4O3S. The zero-order valence-electron chi connectivity index (χ0n) is 17.2. The molecule has 3 aromatic rings. The van der Waals surface area contributed by atoms with Crippen molar-refractivity contribution in [2.45, 2.75) is 25.4 Å². The number of benzene rings is 2. The van der Waals surface area contributed by atoms with Gasteiger partial charge < -0.3 is 10.1 Å². The van der Waals surface area contributed by atoms with Gasteiger partial charge in [-0.25, -0.2) is 0 Å². The number of ether oxygens (including phenoxy) is 1. The minimum Gasteiger partial charge on any atom is -0.497 e. The Morgan fingerprint density at radius 2 is 1.77 bits per heavy atom. The monoisotopic (exact) mass is 424 g/mol. The molecule has 0 aliphatic rings. The quantitative estimate of drug-likeness (QED) is 0.419. The van der Waals surface area contributed by atoms with Gasteiger partial charge in [0.05, 0.1) is 12.9 Å². The number of hydrogen-bond acceptors (Lipinski definition) is 6. The fraction of sp³-hybridized carbons (Fsp3) is 0.273. The molecular weight excluding hydrogens is 400 g/mol. The Labute approximate surface area is 179 Å². The number of aryl methyl sites for hydroxylation is 1. The average molecular weight is 425 g/mol. The van der Waals surface area contributed by atoms with Crippen molar-refractivity contribution in [1.82, 2.24) is 20.1 Å². The number of thioether (sulfide) groups is 1. The summed E-state index contributed by atoms with van der Waals surface area (Å²) in [7, 11) is 1.62. The highest BCUT2D eigenvalue weighted by atomic mass is 32.2. The molecule has 0 saturated carbocycles. The number of rotatable bonds is 9. The molecule has 0 spiro atoms. The van der Waals surface area contributed by atoms with E-state index in [0.717, 1.165) is 17.0 Å². The Balaban J connectivity index is 1.81. The van der Waals surface area contributed by atoms with E-state index in [1.165, 1.54) is 18.7 Å². The first-order valence-corrected chi connectivity index (χ1v) is 10.5. The number of carbonyl (C=O) groups is 2. The zero-order valence-corrected chi connectivity index (χ0v) is 18.0. The van der Waals surface area contributed by atoms with E-state index in [9.17, 15) is 9.59 Å². The molecule has 8 heteroatoms. The lowest BCUT2D eigenvalue weighted by Gasteiger charge is -2.11. The summed E-state index contributed by atoms with van der Waals surface area (Å²) in [6, 6.07) is 15.1. The third-order valence-electron chi connectivity index (χ3n) is 4.46. The molecule has 0 fully saturated rings. The Kier molecular flexibility index (Phi) is 7.24. The third-order valence-corrected chi connectivity index (χ3v) is 5.39. The van der Waals surface area contributed by atoms with Crippen LogP contribution in [0.4, 0.5) is 0 Å². The number of hydrogen-bond donors (Lipinski definition) is 1. The first kappa shape index (κ1) is 21.6. The summed E-state index contributed by atoms with van der Waals surface area (Å²) in [4.78, 5) is 23.8. The Morgan fingerprint density at radius 3 is 2.40 bits per heavy atom. The highest BCUT2D eigenvalue weighted by Gasteiger charge is 2.16. The van der Waals surface area contributed by atoms with Crippen LogP contribution in [0.15, 0.2) is 53.7 Å². The van der Waals surface area contributed by atoms with Crippen LogP contribution in [-0.4, -0.2) is 45.9 Å². The van der Waals surface area contributed by atoms with Gasteiger partial charge >= 0.3 is 0 Å². The van der Waals surface area contributed by atoms with Gasteiger partial charge in [0, 0.05) is 31.1 Å². The van der Waals surface area contributed by atoms with Crippen LogP contribution in [0.1, 0.15) is 28.7 Å². The molecule has 0 aliphatic heterocycles. The second kappa shape index (κ2) is 10.1. The highest BCUT2D eigenvalue weighted by molar-refractivity contribution is 7.99. The summed E-state index contributed by atoms with van der Waals surface area (Å²) in [5.41, 5.74) is 2.65. The van der Waals surface area contributed by atoms with Gasteiger partial charge in [-0.05, 0) is 31.2 Å². The van der Waals surface area contributed by atoms with E-state index in [0.29, 0.717) is 29.5 Å². The van der Waals surface area contributed by atoms with E-state index in [4.69, 9.17) is 4.74 Å². The van der Waals surface area contributed by atoms with Gasteiger partial charge in [-0.2, -0.15) is 0 Å². The van der Waals surface area contributed by atoms with Gasteiger partial charge in [0.1, 0.15) is 11.6 Å². The third kappa shape index (κ3) is 5.48. The first-order valence-electron chi connectivity index (χ1n) is 9.53. The predicted octanol–water partition coefficient (Wildman–Crippen LogP) is 3.24. The first-order chi connectivity index (χ1) is 14.5. The summed E-state index contributed by atoms with van der Waals surface area (Å²) >= 11 is 1.34. The lowest BCUT2D eigenvalue weighted by Crippen LogP contribution is -2.23. The lowest BCUT2D eigenvalue weighted by atomic mass is 10.1. The molecule has 0 saturated heterocycles. The van der Waals surface area contributed by atoms with Crippen molar-refractivity contribution in [3.8, 4) is 11.4 Å². The van der Waals surface area contributed by atoms with Crippen LogP contribution in [0.2, 0.25) is 0 Å². The van der Waals surface area contributed by atoms with Crippen LogP contribution >= 0.6 is 11.8 Å². The molecule has 2 aromatic carbocycles. The summed E-state index contributed by atoms with van der Waals surface area (Å²) < 4.78 is 7.15. The summed E-state index contributed by atoms with van der Waals surface area (Å²) in [6.07, 6.45) is 0.519. The molecule has 3 rings (SSSR count). The molecule has 0 aliphatic carbocycles. The minimum atomic E-state index is -0.0937. The van der Waals surface area contributed by atoms with Gasteiger partial charge in [-0.3, -0.25) is 14.2 Å². The standard InChI is InChI=1S/C22H24N4O3S/c1-15-4-6-17(7-5-15)20(28)14-30-22-25-24-21(12-13-23-16(2)27)26(22)18-8-10-19(29-3)11-9-18/h4-11H,12-14H2,1-3H3,(H,23,27). The van der Waals surface area contributed by atoms with Gasteiger partial charge in [-0.1, -0.05) is 41.6 Å². The number of nitrogens with zero attached hydrogens (tertiary/aromatic N) is 3. The number of methoxy groups -OCH3 is 1. The summed E-state index contributed by atoms with van der Waals surface area (Å²) in [6.45, 7) is 3.92. The predicted molar refractivity (Wildman–Crippen MR) is 117 cm³/mol. The number of ketones is 1. The molecule has 1 N–H and O–H groups in total. The van der Waals surface area contributed by atoms with Crippen molar-refractivity contribution in [3.05, 3.63) is 65.5 Å². The second-order valence-electron chi connectivity index (χ2n) is 6.74. The van der Waals surface area contributed by atoms with Crippen LogP contribution in [0.3, 0.4) is 0 Å². The normalized spacial score (nSPS) is 10.6. The molecule has 0 radical (unpaired) electrons. The average Bonchev–Trinajstić information content (AvgIpc) is 3.15. The molecule has 1 amide bonds. The molecule has 0 bridgehead atoms. The Hall–Kier alpha value is -3.13. The van der Waals surface area contributed by atoms with E-state index >= 15 is 0 Å². The molecule has 0 unspecified atom stereocenters. The van der Waals surface area contributed by atoms with Crippen LogP contribution in [0, 0.1) is 6.92 Å². The molecule has 7 nitrogen and oxygen atoms in total. The maximum absolute atomic E-state index is 12.6. The maximum atomic E-state index is 12.6. The number of carbonyl (C=O) groups excluding carboxylic acids is 2. The van der Waals surface area contributed by atoms with Crippen molar-refractivity contribution in [2.75, 3.05) is 19.4 Å². The van der Waals surface area contributed by atoms with E-state index in [1.807, 2.05) is 60.0 Å². The largest absolute Gasteiger partial charge is 0.497 e. The Bertz CT molecular complexity index is 1010. The number of amides is 1. The summed E-state index contributed by atoms with van der Waals surface area (Å²) in [5.74, 6) is 1.64. The van der Waals surface area contributed by atoms with Crippen LogP contribution in [-0.2, 0) is 11.2 Å².